The Kier molecular flexibility index (Phi) is 6.97. The Morgan fingerprint density at radius 3 is 2.68 bits per heavy atom. The number of halogens is 1. The van der Waals surface area contributed by atoms with E-state index in [2.05, 4.69) is 10.6 Å². The number of nitrogens with zero attached hydrogens (tertiary/aromatic N) is 1. The van der Waals surface area contributed by atoms with Crippen LogP contribution >= 0.6 is 11.6 Å². The maximum atomic E-state index is 12.6. The molecule has 3 rings (SSSR count). The molecule has 2 aromatic rings. The van der Waals surface area contributed by atoms with E-state index < -0.39 is 24.4 Å². The standard InChI is InChI=1S/C23H24ClN3O4/c1-4-15(3)31-20-10-9-16(11-17(20)24)12-19-22(29)27(23(30)26-19)13-21(28)25-18-8-6-5-7-14(18)2/h5-12,15H,4,13H2,1-3H3,(H,25,28)(H,26,30)/b19-12-/t15-/m0/s1. The maximum Gasteiger partial charge on any atom is 0.329 e. The SMILES string of the molecule is CC[C@H](C)Oc1ccc(/C=C2\NC(=O)N(CC(=O)Nc3ccccc3C)C2=O)cc1Cl. The van der Waals surface area contributed by atoms with E-state index in [-0.39, 0.29) is 11.8 Å². The third-order valence-corrected chi connectivity index (χ3v) is 5.15. The summed E-state index contributed by atoms with van der Waals surface area (Å²) in [6, 6.07) is 11.7. The molecule has 4 amide bonds. The molecule has 1 aliphatic heterocycles. The van der Waals surface area contributed by atoms with Crippen LogP contribution in [0.3, 0.4) is 0 Å². The number of carbonyl (C=O) groups is 3. The molecule has 1 heterocycles. The second kappa shape index (κ2) is 9.66. The fourth-order valence-electron chi connectivity index (χ4n) is 2.93. The van der Waals surface area contributed by atoms with Crippen LogP contribution in [0, 0.1) is 6.92 Å². The number of hydrogen-bond donors (Lipinski definition) is 2. The molecule has 7 nitrogen and oxygen atoms in total. The molecule has 0 saturated carbocycles. The van der Waals surface area contributed by atoms with Gasteiger partial charge in [0.25, 0.3) is 5.91 Å². The highest BCUT2D eigenvalue weighted by molar-refractivity contribution is 6.32. The topological polar surface area (TPSA) is 87.7 Å². The molecule has 31 heavy (non-hydrogen) atoms. The van der Waals surface area contributed by atoms with Crippen molar-refractivity contribution < 1.29 is 19.1 Å². The zero-order valence-corrected chi connectivity index (χ0v) is 18.3. The molecule has 8 heteroatoms. The number of hydrogen-bond acceptors (Lipinski definition) is 4. The van der Waals surface area contributed by atoms with Gasteiger partial charge in [0, 0.05) is 5.69 Å². The van der Waals surface area contributed by atoms with Crippen molar-refractivity contribution >= 4 is 41.2 Å². The number of imide groups is 1. The van der Waals surface area contributed by atoms with E-state index in [0.717, 1.165) is 16.9 Å². The minimum atomic E-state index is -0.654. The number of ether oxygens (including phenoxy) is 1. The lowest BCUT2D eigenvalue weighted by molar-refractivity contribution is -0.127. The highest BCUT2D eigenvalue weighted by Gasteiger charge is 2.35. The summed E-state index contributed by atoms with van der Waals surface area (Å²) in [7, 11) is 0. The molecule has 1 atom stereocenters. The lowest BCUT2D eigenvalue weighted by atomic mass is 10.1. The van der Waals surface area contributed by atoms with E-state index in [4.69, 9.17) is 16.3 Å². The molecular weight excluding hydrogens is 418 g/mol. The number of carbonyl (C=O) groups excluding carboxylic acids is 3. The third kappa shape index (κ3) is 5.44. The van der Waals surface area contributed by atoms with Gasteiger partial charge in [-0.1, -0.05) is 42.8 Å². The largest absolute Gasteiger partial charge is 0.489 e. The quantitative estimate of drug-likeness (QED) is 0.493. The lowest BCUT2D eigenvalue weighted by Gasteiger charge is -2.14. The highest BCUT2D eigenvalue weighted by atomic mass is 35.5. The molecule has 2 aromatic carbocycles. The van der Waals surface area contributed by atoms with E-state index in [9.17, 15) is 14.4 Å². The fraction of sp³-hybridized carbons (Fsp3) is 0.261. The number of amides is 4. The van der Waals surface area contributed by atoms with Crippen LogP contribution in [-0.4, -0.2) is 35.4 Å². The molecule has 1 fully saturated rings. The van der Waals surface area contributed by atoms with Crippen LogP contribution in [0.5, 0.6) is 5.75 Å². The molecule has 0 aliphatic carbocycles. The van der Waals surface area contributed by atoms with Crippen LogP contribution in [-0.2, 0) is 9.59 Å². The summed E-state index contributed by atoms with van der Waals surface area (Å²) in [5.74, 6) is -0.496. The Bertz CT molecular complexity index is 1050. The van der Waals surface area contributed by atoms with Crippen molar-refractivity contribution in [3.8, 4) is 5.75 Å². The molecule has 0 spiro atoms. The molecule has 0 unspecified atom stereocenters. The Hall–Kier alpha value is -3.32. The van der Waals surface area contributed by atoms with Crippen molar-refractivity contribution in [2.24, 2.45) is 0 Å². The van der Waals surface area contributed by atoms with Crippen molar-refractivity contribution in [2.75, 3.05) is 11.9 Å². The van der Waals surface area contributed by atoms with E-state index in [1.54, 1.807) is 30.3 Å². The first-order valence-electron chi connectivity index (χ1n) is 9.94. The van der Waals surface area contributed by atoms with E-state index in [0.29, 0.717) is 22.0 Å². The Morgan fingerprint density at radius 2 is 2.00 bits per heavy atom. The molecular formula is C23H24ClN3O4. The Morgan fingerprint density at radius 1 is 1.26 bits per heavy atom. The predicted molar refractivity (Wildman–Crippen MR) is 120 cm³/mol. The molecule has 162 valence electrons. The van der Waals surface area contributed by atoms with Crippen molar-refractivity contribution in [1.29, 1.82) is 0 Å². The fourth-order valence-corrected chi connectivity index (χ4v) is 3.16. The molecule has 0 radical (unpaired) electrons. The van der Waals surface area contributed by atoms with Crippen molar-refractivity contribution in [3.63, 3.8) is 0 Å². The van der Waals surface area contributed by atoms with Gasteiger partial charge in [0.2, 0.25) is 5.91 Å². The van der Waals surface area contributed by atoms with E-state index in [1.807, 2.05) is 32.9 Å². The summed E-state index contributed by atoms with van der Waals surface area (Å²) in [6.45, 7) is 5.43. The van der Waals surface area contributed by atoms with Crippen molar-refractivity contribution in [2.45, 2.75) is 33.3 Å². The summed E-state index contributed by atoms with van der Waals surface area (Å²) >= 11 is 6.28. The average molecular weight is 442 g/mol. The zero-order chi connectivity index (χ0) is 22.5. The number of aryl methyl sites for hydroxylation is 1. The second-order valence-corrected chi connectivity index (χ2v) is 7.68. The van der Waals surface area contributed by atoms with Crippen LogP contribution in [0.25, 0.3) is 6.08 Å². The Labute approximate surface area is 186 Å². The van der Waals surface area contributed by atoms with Gasteiger partial charge in [-0.2, -0.15) is 0 Å². The number of benzene rings is 2. The predicted octanol–water partition coefficient (Wildman–Crippen LogP) is 4.36. The van der Waals surface area contributed by atoms with Gasteiger partial charge in [-0.05, 0) is 55.7 Å². The summed E-state index contributed by atoms with van der Waals surface area (Å²) < 4.78 is 5.73. The smallest absolute Gasteiger partial charge is 0.329 e. The van der Waals surface area contributed by atoms with Crippen LogP contribution in [0.15, 0.2) is 48.2 Å². The van der Waals surface area contributed by atoms with Gasteiger partial charge in [-0.3, -0.25) is 9.59 Å². The van der Waals surface area contributed by atoms with Crippen LogP contribution in [0.2, 0.25) is 5.02 Å². The van der Waals surface area contributed by atoms with Gasteiger partial charge in [0.15, 0.2) is 0 Å². The summed E-state index contributed by atoms with van der Waals surface area (Å²) in [5, 5.41) is 5.62. The molecule has 1 aliphatic rings. The monoisotopic (exact) mass is 441 g/mol. The van der Waals surface area contributed by atoms with Gasteiger partial charge in [0.05, 0.1) is 11.1 Å². The number of anilines is 1. The molecule has 2 N–H and O–H groups in total. The normalized spacial score (nSPS) is 15.7. The number of nitrogens with one attached hydrogen (secondary N) is 2. The summed E-state index contributed by atoms with van der Waals surface area (Å²) in [5.41, 5.74) is 2.20. The van der Waals surface area contributed by atoms with Gasteiger partial charge in [-0.25, -0.2) is 9.69 Å². The number of urea groups is 1. The van der Waals surface area contributed by atoms with Gasteiger partial charge < -0.3 is 15.4 Å². The number of para-hydroxylation sites is 1. The Balaban J connectivity index is 1.69. The second-order valence-electron chi connectivity index (χ2n) is 7.27. The first-order chi connectivity index (χ1) is 14.8. The van der Waals surface area contributed by atoms with Crippen molar-refractivity contribution in [3.05, 3.63) is 64.3 Å². The van der Waals surface area contributed by atoms with Crippen LogP contribution in [0.1, 0.15) is 31.4 Å². The lowest BCUT2D eigenvalue weighted by Crippen LogP contribution is -2.38. The summed E-state index contributed by atoms with van der Waals surface area (Å²) in [4.78, 5) is 38.1. The van der Waals surface area contributed by atoms with E-state index >= 15 is 0 Å². The highest BCUT2D eigenvalue weighted by Crippen LogP contribution is 2.28. The van der Waals surface area contributed by atoms with Gasteiger partial charge in [-0.15, -0.1) is 0 Å². The first kappa shape index (κ1) is 22.4. The van der Waals surface area contributed by atoms with Crippen LogP contribution < -0.4 is 15.4 Å². The van der Waals surface area contributed by atoms with Crippen LogP contribution in [0.4, 0.5) is 10.5 Å². The van der Waals surface area contributed by atoms with E-state index in [1.165, 1.54) is 6.08 Å². The average Bonchev–Trinajstić information content (AvgIpc) is 2.99. The molecule has 0 bridgehead atoms. The zero-order valence-electron chi connectivity index (χ0n) is 17.6. The minimum absolute atomic E-state index is 0.0248. The molecule has 0 aromatic heterocycles. The van der Waals surface area contributed by atoms with Gasteiger partial charge in [0.1, 0.15) is 18.0 Å². The third-order valence-electron chi connectivity index (χ3n) is 4.85. The maximum absolute atomic E-state index is 12.6. The minimum Gasteiger partial charge on any atom is -0.489 e. The summed E-state index contributed by atoms with van der Waals surface area (Å²) in [6.07, 6.45) is 2.38. The van der Waals surface area contributed by atoms with Crippen molar-refractivity contribution in [1.82, 2.24) is 10.2 Å². The first-order valence-corrected chi connectivity index (χ1v) is 10.3. The molecule has 1 saturated heterocycles. The van der Waals surface area contributed by atoms with Gasteiger partial charge >= 0.3 is 6.03 Å². The number of rotatable bonds is 7.